The Hall–Kier alpha value is -0.890. The van der Waals surface area contributed by atoms with Crippen molar-refractivity contribution in [1.82, 2.24) is 0 Å². The average molecular weight is 444 g/mol. The third-order valence-electron chi connectivity index (χ3n) is 1.85. The molecule has 0 aliphatic heterocycles. The zero-order chi connectivity index (χ0) is 20.2. The number of nitrogens with zero attached hydrogens (tertiary/aromatic N) is 1. The van der Waals surface area contributed by atoms with E-state index in [1.54, 1.807) is 0 Å². The second-order valence-electron chi connectivity index (χ2n) is 3.52. The SMILES string of the molecule is O=S(=O)(F)C(F)(F)C(F)(F)C(F)(F)S(=O)(=O)[N-]S(=O)(=O)C(F)(F)F. The maximum absolute atomic E-state index is 12.9. The van der Waals surface area contributed by atoms with Crippen molar-refractivity contribution in [2.45, 2.75) is 21.9 Å². The van der Waals surface area contributed by atoms with Gasteiger partial charge >= 0.3 is 32.2 Å². The van der Waals surface area contributed by atoms with Gasteiger partial charge in [0, 0.05) is 0 Å². The van der Waals surface area contributed by atoms with Crippen LogP contribution in [-0.4, -0.2) is 47.2 Å². The van der Waals surface area contributed by atoms with Crippen LogP contribution in [0.2, 0.25) is 0 Å². The number of hydrogen-bond donors (Lipinski definition) is 0. The summed E-state index contributed by atoms with van der Waals surface area (Å²) in [4.78, 5) is 0. The molecule has 0 saturated carbocycles. The van der Waals surface area contributed by atoms with Gasteiger partial charge in [-0.1, -0.05) is 3.89 Å². The maximum atomic E-state index is 12.9. The van der Waals surface area contributed by atoms with Crippen LogP contribution in [0, 0.1) is 0 Å². The number of halogens is 10. The number of alkyl halides is 9. The van der Waals surface area contributed by atoms with Crippen molar-refractivity contribution < 1.29 is 68.7 Å². The van der Waals surface area contributed by atoms with Gasteiger partial charge < -0.3 is 4.13 Å². The minimum atomic E-state index is -7.98. The van der Waals surface area contributed by atoms with Crippen molar-refractivity contribution in [1.29, 1.82) is 0 Å². The molecule has 0 fully saturated rings. The minimum Gasteiger partial charge on any atom is -0.423 e. The molecule has 7 nitrogen and oxygen atoms in total. The van der Waals surface area contributed by atoms with Crippen LogP contribution in [0.4, 0.5) is 43.4 Å². The molecule has 0 N–H and O–H groups in total. The van der Waals surface area contributed by atoms with Crippen LogP contribution in [0.25, 0.3) is 4.13 Å². The highest BCUT2D eigenvalue weighted by atomic mass is 32.3. The molecule has 0 amide bonds. The number of hydrogen-bond acceptors (Lipinski definition) is 6. The molecule has 0 atom stereocenters. The van der Waals surface area contributed by atoms with Crippen molar-refractivity contribution in [3.8, 4) is 0 Å². The van der Waals surface area contributed by atoms with Crippen LogP contribution in [0.3, 0.4) is 0 Å². The molecule has 20 heteroatoms. The Morgan fingerprint density at radius 3 is 1.17 bits per heavy atom. The summed E-state index contributed by atoms with van der Waals surface area (Å²) in [6.07, 6.45) is 0. The topological polar surface area (TPSA) is 117 Å². The van der Waals surface area contributed by atoms with Crippen LogP contribution < -0.4 is 0 Å². The summed E-state index contributed by atoms with van der Waals surface area (Å²) >= 11 is 0. The first-order valence-electron chi connectivity index (χ1n) is 4.33. The van der Waals surface area contributed by atoms with E-state index in [0.717, 1.165) is 0 Å². The Morgan fingerprint density at radius 2 is 0.917 bits per heavy atom. The van der Waals surface area contributed by atoms with Crippen LogP contribution in [0.5, 0.6) is 0 Å². The molecular formula is C4F10NO6S3-. The van der Waals surface area contributed by atoms with Gasteiger partial charge in [-0.2, -0.15) is 47.9 Å². The first-order chi connectivity index (χ1) is 9.96. The van der Waals surface area contributed by atoms with Gasteiger partial charge in [0.2, 0.25) is 0 Å². The van der Waals surface area contributed by atoms with E-state index in [1.807, 2.05) is 0 Å². The summed E-state index contributed by atoms with van der Waals surface area (Å²) in [5.74, 6) is -7.74. The van der Waals surface area contributed by atoms with Gasteiger partial charge in [-0.25, -0.2) is 16.8 Å². The molecule has 0 rings (SSSR count). The third-order valence-corrected chi connectivity index (χ3v) is 5.78. The lowest BCUT2D eigenvalue weighted by Gasteiger charge is -2.34. The van der Waals surface area contributed by atoms with Gasteiger partial charge in [0.25, 0.3) is 0 Å². The molecule has 0 unspecified atom stereocenters. The quantitative estimate of drug-likeness (QED) is 0.455. The Balaban J connectivity index is 6.36. The predicted molar refractivity (Wildman–Crippen MR) is 52.1 cm³/mol. The standard InChI is InChI=1S/C4F10NO6S3/c5-1(6,2(7,8)22(14,16)17)3(9,10)23(18,19)15-24(20,21)4(11,12)13/q-1. The summed E-state index contributed by atoms with van der Waals surface area (Å²) in [6, 6.07) is 0. The van der Waals surface area contributed by atoms with Gasteiger partial charge in [-0.05, 0) is 0 Å². The molecule has 0 aliphatic carbocycles. The highest BCUT2D eigenvalue weighted by molar-refractivity contribution is 8.13. The van der Waals surface area contributed by atoms with Gasteiger partial charge in [-0.3, -0.25) is 0 Å². The summed E-state index contributed by atoms with van der Waals surface area (Å²) in [6.45, 7) is 0. The molecule has 0 aromatic carbocycles. The normalized spacial score (nSPS) is 16.2. The van der Waals surface area contributed by atoms with Crippen molar-refractivity contribution in [2.24, 2.45) is 0 Å². The lowest BCUT2D eigenvalue weighted by atomic mass is 10.3. The van der Waals surface area contributed by atoms with E-state index in [0.29, 0.717) is 4.13 Å². The fraction of sp³-hybridized carbons (Fsp3) is 1.00. The van der Waals surface area contributed by atoms with Gasteiger partial charge in [0.1, 0.15) is 0 Å². The average Bonchev–Trinajstić information content (AvgIpc) is 2.23. The molecule has 0 heterocycles. The van der Waals surface area contributed by atoms with E-state index in [2.05, 4.69) is 0 Å². The van der Waals surface area contributed by atoms with Crippen LogP contribution in [0.15, 0.2) is 0 Å². The summed E-state index contributed by atoms with van der Waals surface area (Å²) in [7, 11) is -23.3. The van der Waals surface area contributed by atoms with Gasteiger partial charge in [0.15, 0.2) is 20.0 Å². The molecule has 0 bridgehead atoms. The Kier molecular flexibility index (Phi) is 5.35. The monoisotopic (exact) mass is 444 g/mol. The van der Waals surface area contributed by atoms with Crippen LogP contribution in [0.1, 0.15) is 0 Å². The van der Waals surface area contributed by atoms with E-state index >= 15 is 0 Å². The molecule has 0 aromatic heterocycles. The van der Waals surface area contributed by atoms with E-state index in [9.17, 15) is 68.7 Å². The molecule has 0 aromatic rings. The molecule has 0 saturated heterocycles. The van der Waals surface area contributed by atoms with Crippen molar-refractivity contribution in [3.05, 3.63) is 4.13 Å². The zero-order valence-electron chi connectivity index (χ0n) is 9.90. The third kappa shape index (κ3) is 3.40. The van der Waals surface area contributed by atoms with E-state index < -0.39 is 52.2 Å². The van der Waals surface area contributed by atoms with Gasteiger partial charge in [0.05, 0.1) is 0 Å². The summed E-state index contributed by atoms with van der Waals surface area (Å²) in [5.41, 5.74) is -6.72. The smallest absolute Gasteiger partial charge is 0.423 e. The highest BCUT2D eigenvalue weighted by Gasteiger charge is 2.81. The molecule has 24 heavy (non-hydrogen) atoms. The fourth-order valence-electron chi connectivity index (χ4n) is 0.703. The largest absolute Gasteiger partial charge is 0.480 e. The second kappa shape index (κ2) is 5.56. The van der Waals surface area contributed by atoms with E-state index in [1.165, 1.54) is 0 Å². The highest BCUT2D eigenvalue weighted by Crippen LogP contribution is 2.53. The van der Waals surface area contributed by atoms with Gasteiger partial charge in [-0.15, -0.1) is 0 Å². The Bertz CT molecular complexity index is 807. The molecule has 0 spiro atoms. The Morgan fingerprint density at radius 1 is 0.583 bits per heavy atom. The van der Waals surface area contributed by atoms with Crippen molar-refractivity contribution >= 4 is 30.3 Å². The second-order valence-corrected chi connectivity index (χ2v) is 8.38. The first kappa shape index (κ1) is 23.1. The zero-order valence-corrected chi connectivity index (χ0v) is 12.4. The molecular weight excluding hydrogens is 444 g/mol. The number of sulfonamides is 2. The minimum absolute atomic E-state index is 0.384. The van der Waals surface area contributed by atoms with Crippen molar-refractivity contribution in [2.75, 3.05) is 0 Å². The summed E-state index contributed by atoms with van der Waals surface area (Å²) < 4.78 is 186. The van der Waals surface area contributed by atoms with E-state index in [-0.39, 0.29) is 0 Å². The van der Waals surface area contributed by atoms with Crippen LogP contribution >= 0.6 is 0 Å². The number of rotatable bonds is 6. The predicted octanol–water partition coefficient (Wildman–Crippen LogP) is 1.66. The van der Waals surface area contributed by atoms with Crippen molar-refractivity contribution in [3.63, 3.8) is 0 Å². The first-order valence-corrected chi connectivity index (χ1v) is 8.60. The molecule has 0 radical (unpaired) electrons. The fourth-order valence-corrected chi connectivity index (χ4v) is 3.40. The molecule has 146 valence electrons. The maximum Gasteiger partial charge on any atom is 0.480 e. The molecule has 0 aliphatic rings. The van der Waals surface area contributed by atoms with E-state index in [4.69, 9.17) is 0 Å². The van der Waals surface area contributed by atoms with Crippen LogP contribution in [-0.2, 0) is 30.3 Å². The lowest BCUT2D eigenvalue weighted by Crippen LogP contribution is -2.59. The Labute approximate surface area is 125 Å². The lowest BCUT2D eigenvalue weighted by molar-refractivity contribution is -0.244. The summed E-state index contributed by atoms with van der Waals surface area (Å²) in [5, 5.41) is -15.0.